The second kappa shape index (κ2) is 9.54. The van der Waals surface area contributed by atoms with Gasteiger partial charge in [0.05, 0.1) is 24.2 Å². The summed E-state index contributed by atoms with van der Waals surface area (Å²) in [6, 6.07) is 20.5. The summed E-state index contributed by atoms with van der Waals surface area (Å²) < 4.78 is 2.23. The second-order valence-corrected chi connectivity index (χ2v) is 7.84. The predicted molar refractivity (Wildman–Crippen MR) is 113 cm³/mol. The molecule has 28 heavy (non-hydrogen) atoms. The minimum absolute atomic E-state index is 0.223. The number of rotatable bonds is 8. The van der Waals surface area contributed by atoms with Crippen molar-refractivity contribution in [2.75, 3.05) is 14.1 Å². The molecule has 1 heterocycles. The highest BCUT2D eigenvalue weighted by molar-refractivity contribution is 7.98. The molecule has 0 fully saturated rings. The van der Waals surface area contributed by atoms with E-state index in [-0.39, 0.29) is 6.04 Å². The van der Waals surface area contributed by atoms with E-state index in [0.29, 0.717) is 5.56 Å². The fourth-order valence-corrected chi connectivity index (χ4v) is 4.07. The Kier molecular flexibility index (Phi) is 6.85. The van der Waals surface area contributed by atoms with Crippen molar-refractivity contribution in [2.24, 2.45) is 0 Å². The Balaban J connectivity index is 1.86. The SMILES string of the molecule is CCC(c1nnc(SCc2ccc(C#N)cc2)n1Cc1ccccc1)N(C)C. The Morgan fingerprint density at radius 3 is 2.36 bits per heavy atom. The molecule has 0 aliphatic heterocycles. The van der Waals surface area contributed by atoms with E-state index in [4.69, 9.17) is 5.26 Å². The van der Waals surface area contributed by atoms with Crippen LogP contribution >= 0.6 is 11.8 Å². The van der Waals surface area contributed by atoms with E-state index in [9.17, 15) is 0 Å². The average Bonchev–Trinajstić information content (AvgIpc) is 3.10. The lowest BCUT2D eigenvalue weighted by atomic mass is 10.2. The first-order valence-electron chi connectivity index (χ1n) is 9.37. The van der Waals surface area contributed by atoms with E-state index in [0.717, 1.165) is 29.7 Å². The summed E-state index contributed by atoms with van der Waals surface area (Å²) in [4.78, 5) is 2.20. The molecule has 0 N–H and O–H groups in total. The van der Waals surface area contributed by atoms with Crippen LogP contribution < -0.4 is 0 Å². The summed E-state index contributed by atoms with van der Waals surface area (Å²) >= 11 is 1.68. The van der Waals surface area contributed by atoms with Gasteiger partial charge in [-0.1, -0.05) is 61.2 Å². The highest BCUT2D eigenvalue weighted by atomic mass is 32.2. The van der Waals surface area contributed by atoms with Gasteiger partial charge in [0.15, 0.2) is 11.0 Å². The van der Waals surface area contributed by atoms with Gasteiger partial charge in [-0.3, -0.25) is 4.90 Å². The van der Waals surface area contributed by atoms with Crippen molar-refractivity contribution in [2.45, 2.75) is 36.8 Å². The van der Waals surface area contributed by atoms with Crippen LogP contribution in [-0.2, 0) is 12.3 Å². The Bertz CT molecular complexity index is 926. The third-order valence-corrected chi connectivity index (χ3v) is 5.73. The Labute approximate surface area is 171 Å². The smallest absolute Gasteiger partial charge is 0.191 e. The molecule has 0 bridgehead atoms. The molecule has 0 radical (unpaired) electrons. The van der Waals surface area contributed by atoms with E-state index < -0.39 is 0 Å². The summed E-state index contributed by atoms with van der Waals surface area (Å²) in [6.07, 6.45) is 0.972. The molecule has 0 aliphatic carbocycles. The first-order valence-corrected chi connectivity index (χ1v) is 10.4. The van der Waals surface area contributed by atoms with Crippen LogP contribution in [0.5, 0.6) is 0 Å². The molecule has 2 aromatic carbocycles. The molecule has 1 atom stereocenters. The van der Waals surface area contributed by atoms with Crippen LogP contribution in [0.2, 0.25) is 0 Å². The van der Waals surface area contributed by atoms with Crippen LogP contribution in [0.25, 0.3) is 0 Å². The van der Waals surface area contributed by atoms with Crippen LogP contribution in [0.1, 0.15) is 41.9 Å². The topological polar surface area (TPSA) is 57.7 Å². The first kappa shape index (κ1) is 20.1. The van der Waals surface area contributed by atoms with Gasteiger partial charge in [0.2, 0.25) is 0 Å². The fourth-order valence-electron chi connectivity index (χ4n) is 3.17. The van der Waals surface area contributed by atoms with Gasteiger partial charge in [0.1, 0.15) is 0 Å². The monoisotopic (exact) mass is 391 g/mol. The number of thioether (sulfide) groups is 1. The van der Waals surface area contributed by atoms with Crippen LogP contribution in [0.4, 0.5) is 0 Å². The molecule has 1 unspecified atom stereocenters. The molecule has 3 aromatic rings. The van der Waals surface area contributed by atoms with Crippen LogP contribution in [-0.4, -0.2) is 33.8 Å². The van der Waals surface area contributed by atoms with Gasteiger partial charge in [0, 0.05) is 5.75 Å². The van der Waals surface area contributed by atoms with E-state index in [1.54, 1.807) is 11.8 Å². The van der Waals surface area contributed by atoms with Crippen molar-refractivity contribution in [3.8, 4) is 6.07 Å². The highest BCUT2D eigenvalue weighted by Crippen LogP contribution is 2.28. The van der Waals surface area contributed by atoms with Crippen molar-refractivity contribution in [1.82, 2.24) is 19.7 Å². The van der Waals surface area contributed by atoms with Crippen LogP contribution in [0.3, 0.4) is 0 Å². The molecular formula is C22H25N5S. The zero-order chi connectivity index (χ0) is 19.9. The summed E-state index contributed by atoms with van der Waals surface area (Å²) in [7, 11) is 4.17. The summed E-state index contributed by atoms with van der Waals surface area (Å²) in [6.45, 7) is 2.93. The fraction of sp³-hybridized carbons (Fsp3) is 0.318. The van der Waals surface area contributed by atoms with E-state index in [1.165, 1.54) is 11.1 Å². The molecule has 0 aliphatic rings. The lowest BCUT2D eigenvalue weighted by molar-refractivity contribution is 0.272. The van der Waals surface area contributed by atoms with Gasteiger partial charge >= 0.3 is 0 Å². The normalized spacial score (nSPS) is 12.1. The van der Waals surface area contributed by atoms with Gasteiger partial charge in [0.25, 0.3) is 0 Å². The summed E-state index contributed by atoms with van der Waals surface area (Å²) in [5.41, 5.74) is 3.08. The van der Waals surface area contributed by atoms with Gasteiger partial charge < -0.3 is 4.57 Å². The lowest BCUT2D eigenvalue weighted by Crippen LogP contribution is -2.23. The lowest BCUT2D eigenvalue weighted by Gasteiger charge is -2.23. The van der Waals surface area contributed by atoms with Gasteiger partial charge in [-0.25, -0.2) is 0 Å². The second-order valence-electron chi connectivity index (χ2n) is 6.90. The molecule has 0 saturated heterocycles. The Morgan fingerprint density at radius 1 is 1.04 bits per heavy atom. The number of nitrogens with zero attached hydrogens (tertiary/aromatic N) is 5. The van der Waals surface area contributed by atoms with Crippen molar-refractivity contribution in [1.29, 1.82) is 5.26 Å². The summed E-state index contributed by atoms with van der Waals surface area (Å²) in [5.74, 6) is 1.79. The first-order chi connectivity index (χ1) is 13.6. The van der Waals surface area contributed by atoms with E-state index >= 15 is 0 Å². The van der Waals surface area contributed by atoms with Crippen LogP contribution in [0.15, 0.2) is 59.8 Å². The molecule has 5 nitrogen and oxygen atoms in total. The molecule has 0 spiro atoms. The standard InChI is InChI=1S/C22H25N5S/c1-4-20(26(2)3)21-24-25-22(27(21)15-18-8-6-5-7-9-18)28-16-19-12-10-17(14-23)11-13-19/h5-13,20H,4,15-16H2,1-3H3. The van der Waals surface area contributed by atoms with Crippen molar-refractivity contribution in [3.63, 3.8) is 0 Å². The van der Waals surface area contributed by atoms with Crippen molar-refractivity contribution >= 4 is 11.8 Å². The number of nitriles is 1. The van der Waals surface area contributed by atoms with Gasteiger partial charge in [-0.05, 0) is 43.8 Å². The zero-order valence-corrected chi connectivity index (χ0v) is 17.4. The van der Waals surface area contributed by atoms with Crippen LogP contribution in [0, 0.1) is 11.3 Å². The number of aromatic nitrogens is 3. The number of hydrogen-bond donors (Lipinski definition) is 0. The maximum atomic E-state index is 8.96. The molecule has 1 aromatic heterocycles. The Morgan fingerprint density at radius 2 is 1.75 bits per heavy atom. The third kappa shape index (κ3) is 4.80. The zero-order valence-electron chi connectivity index (χ0n) is 16.5. The molecular weight excluding hydrogens is 366 g/mol. The molecule has 0 saturated carbocycles. The van der Waals surface area contributed by atoms with Gasteiger partial charge in [-0.2, -0.15) is 5.26 Å². The average molecular weight is 392 g/mol. The van der Waals surface area contributed by atoms with E-state index in [1.807, 2.05) is 30.3 Å². The van der Waals surface area contributed by atoms with Crippen molar-refractivity contribution in [3.05, 3.63) is 77.1 Å². The van der Waals surface area contributed by atoms with Gasteiger partial charge in [-0.15, -0.1) is 10.2 Å². The Hall–Kier alpha value is -2.62. The maximum absolute atomic E-state index is 8.96. The minimum atomic E-state index is 0.223. The highest BCUT2D eigenvalue weighted by Gasteiger charge is 2.22. The van der Waals surface area contributed by atoms with E-state index in [2.05, 4.69) is 71.0 Å². The molecule has 144 valence electrons. The number of hydrogen-bond acceptors (Lipinski definition) is 5. The third-order valence-electron chi connectivity index (χ3n) is 4.69. The molecule has 0 amide bonds. The number of benzene rings is 2. The molecule has 3 rings (SSSR count). The predicted octanol–water partition coefficient (Wildman–Crippen LogP) is 4.50. The quantitative estimate of drug-likeness (QED) is 0.529. The molecule has 6 heteroatoms. The largest absolute Gasteiger partial charge is 0.300 e. The van der Waals surface area contributed by atoms with Crippen molar-refractivity contribution < 1.29 is 0 Å². The maximum Gasteiger partial charge on any atom is 0.191 e. The minimum Gasteiger partial charge on any atom is -0.300 e. The summed E-state index contributed by atoms with van der Waals surface area (Å²) in [5, 5.41) is 18.9.